The molecule has 2 aromatic carbocycles. The molecule has 5 rings (SSSR count). The molecular weight excluding hydrogens is 442 g/mol. The van der Waals surface area contributed by atoms with Crippen LogP contribution in [0, 0.1) is 0 Å². The zero-order valence-electron chi connectivity index (χ0n) is 17.6. The molecular formula is C23H23N5O2S2. The van der Waals surface area contributed by atoms with E-state index in [0.717, 1.165) is 46.6 Å². The number of fused-ring (bicyclic) bond motifs is 2. The number of anilines is 3. The number of morpholine rings is 1. The highest BCUT2D eigenvalue weighted by molar-refractivity contribution is 7.99. The number of aromatic nitrogens is 1. The van der Waals surface area contributed by atoms with Crippen LogP contribution in [0.25, 0.3) is 0 Å². The zero-order chi connectivity index (χ0) is 21.9. The molecule has 0 unspecified atom stereocenters. The van der Waals surface area contributed by atoms with Crippen LogP contribution in [-0.2, 0) is 16.0 Å². The molecule has 3 heterocycles. The normalized spacial score (nSPS) is 15.5. The summed E-state index contributed by atoms with van der Waals surface area (Å²) in [6.07, 6.45) is 0.205. The van der Waals surface area contributed by atoms with Crippen LogP contribution in [0.4, 0.5) is 16.5 Å². The minimum atomic E-state index is -0.177. The molecule has 1 fully saturated rings. The van der Waals surface area contributed by atoms with E-state index >= 15 is 0 Å². The quantitative estimate of drug-likeness (QED) is 0.339. The summed E-state index contributed by atoms with van der Waals surface area (Å²) in [7, 11) is 0. The van der Waals surface area contributed by atoms with Gasteiger partial charge in [-0.25, -0.2) is 10.4 Å². The van der Waals surface area contributed by atoms with Crippen molar-refractivity contribution in [3.63, 3.8) is 0 Å². The molecule has 1 amide bonds. The molecule has 1 saturated heterocycles. The maximum atomic E-state index is 12.4. The molecule has 0 saturated carbocycles. The lowest BCUT2D eigenvalue weighted by Crippen LogP contribution is -2.36. The number of nitrogens with one attached hydrogen (secondary N) is 2. The van der Waals surface area contributed by atoms with Crippen LogP contribution >= 0.6 is 23.1 Å². The SMILES string of the molecule is CC(=NNC(=O)Cc1csc(N2CCOCC2)n1)c1ccc2c(c1)Nc1ccccc1S2. The molecule has 0 spiro atoms. The summed E-state index contributed by atoms with van der Waals surface area (Å²) >= 11 is 3.31. The fourth-order valence-electron chi connectivity index (χ4n) is 3.56. The Kier molecular flexibility index (Phi) is 6.11. The highest BCUT2D eigenvalue weighted by Crippen LogP contribution is 2.44. The van der Waals surface area contributed by atoms with Gasteiger partial charge in [0, 0.05) is 28.3 Å². The Bertz CT molecular complexity index is 1170. The number of thiazole rings is 1. The predicted octanol–water partition coefficient (Wildman–Crippen LogP) is 4.27. The van der Waals surface area contributed by atoms with Gasteiger partial charge >= 0.3 is 0 Å². The first-order valence-electron chi connectivity index (χ1n) is 10.4. The Morgan fingerprint density at radius 2 is 2.00 bits per heavy atom. The van der Waals surface area contributed by atoms with Crippen molar-refractivity contribution in [3.05, 3.63) is 59.1 Å². The summed E-state index contributed by atoms with van der Waals surface area (Å²) in [6.45, 7) is 5.00. The third-order valence-corrected chi connectivity index (χ3v) is 7.39. The first kappa shape index (κ1) is 21.0. The lowest BCUT2D eigenvalue weighted by molar-refractivity contribution is -0.120. The summed E-state index contributed by atoms with van der Waals surface area (Å²) in [5.41, 5.74) is 7.28. The fourth-order valence-corrected chi connectivity index (χ4v) is 5.40. The number of nitrogens with zero attached hydrogens (tertiary/aromatic N) is 3. The maximum absolute atomic E-state index is 12.4. The highest BCUT2D eigenvalue weighted by atomic mass is 32.2. The number of carbonyl (C=O) groups is 1. The van der Waals surface area contributed by atoms with Crippen LogP contribution < -0.4 is 15.6 Å². The highest BCUT2D eigenvalue weighted by Gasteiger charge is 2.17. The molecule has 164 valence electrons. The van der Waals surface area contributed by atoms with E-state index in [9.17, 15) is 4.79 Å². The number of hydrogen-bond donors (Lipinski definition) is 2. The van der Waals surface area contributed by atoms with Crippen molar-refractivity contribution in [1.82, 2.24) is 10.4 Å². The van der Waals surface area contributed by atoms with E-state index < -0.39 is 0 Å². The van der Waals surface area contributed by atoms with Gasteiger partial charge in [0.15, 0.2) is 5.13 Å². The second-order valence-electron chi connectivity index (χ2n) is 7.56. The summed E-state index contributed by atoms with van der Waals surface area (Å²) in [6, 6.07) is 14.4. The van der Waals surface area contributed by atoms with Crippen LogP contribution in [0.5, 0.6) is 0 Å². The van der Waals surface area contributed by atoms with E-state index in [0.29, 0.717) is 13.2 Å². The number of para-hydroxylation sites is 1. The fraction of sp³-hybridized carbons (Fsp3) is 0.261. The van der Waals surface area contributed by atoms with E-state index in [1.165, 1.54) is 9.79 Å². The molecule has 7 nitrogen and oxygen atoms in total. The average molecular weight is 466 g/mol. The third kappa shape index (κ3) is 4.64. The second kappa shape index (κ2) is 9.32. The number of carbonyl (C=O) groups excluding carboxylic acids is 1. The molecule has 0 radical (unpaired) electrons. The standard InChI is InChI=1S/C23H23N5O2S2/c1-15(16-6-7-21-19(12-16)25-18-4-2-3-5-20(18)32-21)26-27-22(29)13-17-14-31-23(24-17)28-8-10-30-11-9-28/h2-7,12,14,25H,8-11,13H2,1H3,(H,27,29). The molecule has 3 aromatic rings. The number of ether oxygens (including phenoxy) is 1. The number of rotatable bonds is 5. The van der Waals surface area contributed by atoms with Crippen molar-refractivity contribution in [2.45, 2.75) is 23.1 Å². The zero-order valence-corrected chi connectivity index (χ0v) is 19.3. The van der Waals surface area contributed by atoms with E-state index in [1.807, 2.05) is 30.5 Å². The Labute approximate surface area is 194 Å². The minimum absolute atomic E-state index is 0.177. The largest absolute Gasteiger partial charge is 0.378 e. The van der Waals surface area contributed by atoms with Gasteiger partial charge in [0.05, 0.1) is 42.4 Å². The number of hydrogen-bond acceptors (Lipinski definition) is 8. The molecule has 0 aliphatic carbocycles. The first-order chi connectivity index (χ1) is 15.7. The van der Waals surface area contributed by atoms with Gasteiger partial charge in [-0.15, -0.1) is 11.3 Å². The summed E-state index contributed by atoms with van der Waals surface area (Å²) < 4.78 is 5.38. The molecule has 2 aliphatic heterocycles. The second-order valence-corrected chi connectivity index (χ2v) is 9.48. The van der Waals surface area contributed by atoms with Crippen molar-refractivity contribution in [2.75, 3.05) is 36.5 Å². The van der Waals surface area contributed by atoms with Crippen molar-refractivity contribution >= 4 is 51.2 Å². The topological polar surface area (TPSA) is 78.9 Å². The van der Waals surface area contributed by atoms with Crippen LogP contribution in [0.1, 0.15) is 18.2 Å². The van der Waals surface area contributed by atoms with Crippen LogP contribution in [-0.4, -0.2) is 42.9 Å². The molecule has 0 atom stereocenters. The molecule has 9 heteroatoms. The first-order valence-corrected chi connectivity index (χ1v) is 12.1. The summed E-state index contributed by atoms with van der Waals surface area (Å²) in [4.78, 5) is 21.6. The van der Waals surface area contributed by atoms with Crippen molar-refractivity contribution in [3.8, 4) is 0 Å². The Hall–Kier alpha value is -2.88. The summed E-state index contributed by atoms with van der Waals surface area (Å²) in [5.74, 6) is -0.177. The number of amides is 1. The van der Waals surface area contributed by atoms with Gasteiger partial charge < -0.3 is 15.0 Å². The average Bonchev–Trinajstić information content (AvgIpc) is 3.29. The predicted molar refractivity (Wildman–Crippen MR) is 129 cm³/mol. The van der Waals surface area contributed by atoms with Crippen LogP contribution in [0.2, 0.25) is 0 Å². The van der Waals surface area contributed by atoms with E-state index in [2.05, 4.69) is 50.0 Å². The molecule has 2 aliphatic rings. The van der Waals surface area contributed by atoms with Gasteiger partial charge in [0.25, 0.3) is 0 Å². The Balaban J connectivity index is 1.21. The van der Waals surface area contributed by atoms with Crippen LogP contribution in [0.15, 0.2) is 62.7 Å². The number of benzene rings is 2. The smallest absolute Gasteiger partial charge is 0.246 e. The maximum Gasteiger partial charge on any atom is 0.246 e. The minimum Gasteiger partial charge on any atom is -0.378 e. The number of hydrazone groups is 1. The molecule has 1 aromatic heterocycles. The van der Waals surface area contributed by atoms with Crippen molar-refractivity contribution in [2.24, 2.45) is 5.10 Å². The molecule has 32 heavy (non-hydrogen) atoms. The van der Waals surface area contributed by atoms with Gasteiger partial charge in [-0.05, 0) is 36.8 Å². The van der Waals surface area contributed by atoms with E-state index in [1.54, 1.807) is 23.1 Å². The van der Waals surface area contributed by atoms with E-state index in [4.69, 9.17) is 4.74 Å². The van der Waals surface area contributed by atoms with Gasteiger partial charge in [-0.2, -0.15) is 5.10 Å². The van der Waals surface area contributed by atoms with Crippen molar-refractivity contribution < 1.29 is 9.53 Å². The van der Waals surface area contributed by atoms with E-state index in [-0.39, 0.29) is 12.3 Å². The van der Waals surface area contributed by atoms with Gasteiger partial charge in [-0.1, -0.05) is 30.0 Å². The molecule has 0 bridgehead atoms. The lowest BCUT2D eigenvalue weighted by atomic mass is 10.1. The van der Waals surface area contributed by atoms with Crippen LogP contribution in [0.3, 0.4) is 0 Å². The monoisotopic (exact) mass is 465 g/mol. The Morgan fingerprint density at radius 3 is 2.88 bits per heavy atom. The third-order valence-electron chi connectivity index (χ3n) is 5.28. The molecule has 2 N–H and O–H groups in total. The van der Waals surface area contributed by atoms with Gasteiger partial charge in [-0.3, -0.25) is 4.79 Å². The summed E-state index contributed by atoms with van der Waals surface area (Å²) in [5, 5.41) is 10.7. The van der Waals surface area contributed by atoms with Gasteiger partial charge in [0.1, 0.15) is 0 Å². The van der Waals surface area contributed by atoms with Crippen molar-refractivity contribution in [1.29, 1.82) is 0 Å². The van der Waals surface area contributed by atoms with Gasteiger partial charge in [0.2, 0.25) is 5.91 Å². The lowest BCUT2D eigenvalue weighted by Gasteiger charge is -2.26. The Morgan fingerprint density at radius 1 is 1.19 bits per heavy atom.